The SMILES string of the molecule is CCC(C)CN(Cc1ccc(N)cc1)C(C)C. The molecule has 0 spiro atoms. The van der Waals surface area contributed by atoms with Crippen molar-refractivity contribution in [3.05, 3.63) is 29.8 Å². The van der Waals surface area contributed by atoms with E-state index in [2.05, 4.69) is 44.7 Å². The zero-order valence-electron chi connectivity index (χ0n) is 11.6. The van der Waals surface area contributed by atoms with Gasteiger partial charge in [0.05, 0.1) is 0 Å². The lowest BCUT2D eigenvalue weighted by Crippen LogP contribution is -2.34. The van der Waals surface area contributed by atoms with Crippen molar-refractivity contribution in [1.29, 1.82) is 0 Å². The molecule has 0 radical (unpaired) electrons. The Bertz CT molecular complexity index is 316. The smallest absolute Gasteiger partial charge is 0.0314 e. The first kappa shape index (κ1) is 14.0. The van der Waals surface area contributed by atoms with Gasteiger partial charge in [-0.15, -0.1) is 0 Å². The molecule has 2 N–H and O–H groups in total. The summed E-state index contributed by atoms with van der Waals surface area (Å²) in [4.78, 5) is 2.53. The van der Waals surface area contributed by atoms with Crippen molar-refractivity contribution in [2.75, 3.05) is 12.3 Å². The molecule has 0 saturated heterocycles. The number of anilines is 1. The van der Waals surface area contributed by atoms with E-state index in [1.54, 1.807) is 0 Å². The Morgan fingerprint density at radius 2 is 1.71 bits per heavy atom. The van der Waals surface area contributed by atoms with Crippen LogP contribution in [-0.2, 0) is 6.54 Å². The molecule has 1 atom stereocenters. The molecular formula is C15H26N2. The van der Waals surface area contributed by atoms with Gasteiger partial charge >= 0.3 is 0 Å². The molecular weight excluding hydrogens is 208 g/mol. The topological polar surface area (TPSA) is 29.3 Å². The van der Waals surface area contributed by atoms with E-state index >= 15 is 0 Å². The monoisotopic (exact) mass is 234 g/mol. The van der Waals surface area contributed by atoms with Gasteiger partial charge in [0.2, 0.25) is 0 Å². The van der Waals surface area contributed by atoms with E-state index in [-0.39, 0.29) is 0 Å². The Hall–Kier alpha value is -1.02. The summed E-state index contributed by atoms with van der Waals surface area (Å²) in [5, 5.41) is 0. The minimum atomic E-state index is 0.585. The van der Waals surface area contributed by atoms with E-state index in [1.165, 1.54) is 18.5 Å². The molecule has 2 nitrogen and oxygen atoms in total. The van der Waals surface area contributed by atoms with Crippen molar-refractivity contribution in [1.82, 2.24) is 4.90 Å². The second-order valence-electron chi connectivity index (χ2n) is 5.28. The number of nitrogens with two attached hydrogens (primary N) is 1. The van der Waals surface area contributed by atoms with E-state index in [9.17, 15) is 0 Å². The van der Waals surface area contributed by atoms with Crippen LogP contribution >= 0.6 is 0 Å². The predicted molar refractivity (Wildman–Crippen MR) is 75.9 cm³/mol. The van der Waals surface area contributed by atoms with Gasteiger partial charge < -0.3 is 5.73 Å². The Kier molecular flexibility index (Phi) is 5.49. The number of nitrogens with zero attached hydrogens (tertiary/aromatic N) is 1. The lowest BCUT2D eigenvalue weighted by atomic mass is 10.1. The van der Waals surface area contributed by atoms with Crippen LogP contribution in [0.3, 0.4) is 0 Å². The van der Waals surface area contributed by atoms with E-state index < -0.39 is 0 Å². The summed E-state index contributed by atoms with van der Waals surface area (Å²) in [5.74, 6) is 0.756. The maximum atomic E-state index is 5.71. The van der Waals surface area contributed by atoms with Gasteiger partial charge in [0.1, 0.15) is 0 Å². The standard InChI is InChI=1S/C15H26N2/c1-5-13(4)10-17(12(2)3)11-14-6-8-15(16)9-7-14/h6-9,12-13H,5,10-11,16H2,1-4H3. The number of hydrogen-bond donors (Lipinski definition) is 1. The number of rotatable bonds is 6. The fourth-order valence-corrected chi connectivity index (χ4v) is 1.84. The van der Waals surface area contributed by atoms with Crippen LogP contribution in [0, 0.1) is 5.92 Å². The average molecular weight is 234 g/mol. The van der Waals surface area contributed by atoms with Crippen LogP contribution < -0.4 is 5.73 Å². The van der Waals surface area contributed by atoms with Crippen LogP contribution in [-0.4, -0.2) is 17.5 Å². The van der Waals surface area contributed by atoms with E-state index in [0.29, 0.717) is 6.04 Å². The summed E-state index contributed by atoms with van der Waals surface area (Å²) in [7, 11) is 0. The summed E-state index contributed by atoms with van der Waals surface area (Å²) >= 11 is 0. The van der Waals surface area contributed by atoms with Gasteiger partial charge in [0.15, 0.2) is 0 Å². The molecule has 0 amide bonds. The van der Waals surface area contributed by atoms with Crippen molar-refractivity contribution < 1.29 is 0 Å². The minimum absolute atomic E-state index is 0.585. The second kappa shape index (κ2) is 6.65. The summed E-state index contributed by atoms with van der Waals surface area (Å²) in [5.41, 5.74) is 7.89. The molecule has 17 heavy (non-hydrogen) atoms. The van der Waals surface area contributed by atoms with E-state index in [4.69, 9.17) is 5.73 Å². The van der Waals surface area contributed by atoms with Crippen LogP contribution in [0.2, 0.25) is 0 Å². The maximum absolute atomic E-state index is 5.71. The molecule has 0 saturated carbocycles. The molecule has 1 aromatic rings. The normalized spacial score (nSPS) is 13.3. The molecule has 0 aromatic heterocycles. The molecule has 1 aromatic carbocycles. The fourth-order valence-electron chi connectivity index (χ4n) is 1.84. The summed E-state index contributed by atoms with van der Waals surface area (Å²) in [6.07, 6.45) is 1.24. The summed E-state index contributed by atoms with van der Waals surface area (Å²) < 4.78 is 0. The van der Waals surface area contributed by atoms with Gasteiger partial charge in [0, 0.05) is 24.8 Å². The first-order valence-corrected chi connectivity index (χ1v) is 6.61. The van der Waals surface area contributed by atoms with Crippen molar-refractivity contribution in [3.63, 3.8) is 0 Å². The lowest BCUT2D eigenvalue weighted by molar-refractivity contribution is 0.182. The molecule has 0 bridgehead atoms. The quantitative estimate of drug-likeness (QED) is 0.763. The van der Waals surface area contributed by atoms with Crippen LogP contribution in [0.15, 0.2) is 24.3 Å². The second-order valence-corrected chi connectivity index (χ2v) is 5.28. The molecule has 0 fully saturated rings. The molecule has 96 valence electrons. The minimum Gasteiger partial charge on any atom is -0.399 e. The van der Waals surface area contributed by atoms with Crippen LogP contribution in [0.1, 0.15) is 39.7 Å². The Balaban J connectivity index is 2.63. The molecule has 1 rings (SSSR count). The third kappa shape index (κ3) is 4.78. The molecule has 0 aliphatic rings. The highest BCUT2D eigenvalue weighted by molar-refractivity contribution is 5.39. The number of hydrogen-bond acceptors (Lipinski definition) is 2. The maximum Gasteiger partial charge on any atom is 0.0314 e. The lowest BCUT2D eigenvalue weighted by Gasteiger charge is -2.29. The van der Waals surface area contributed by atoms with Crippen molar-refractivity contribution in [2.45, 2.75) is 46.7 Å². The van der Waals surface area contributed by atoms with Crippen LogP contribution in [0.25, 0.3) is 0 Å². The fraction of sp³-hybridized carbons (Fsp3) is 0.600. The number of nitrogen functional groups attached to an aromatic ring is 1. The Morgan fingerprint density at radius 3 is 2.18 bits per heavy atom. The van der Waals surface area contributed by atoms with Gasteiger partial charge in [0.25, 0.3) is 0 Å². The largest absolute Gasteiger partial charge is 0.399 e. The highest BCUT2D eigenvalue weighted by Crippen LogP contribution is 2.14. The summed E-state index contributed by atoms with van der Waals surface area (Å²) in [6.45, 7) is 11.3. The third-order valence-corrected chi connectivity index (χ3v) is 3.34. The number of benzene rings is 1. The average Bonchev–Trinajstić information content (AvgIpc) is 2.30. The van der Waals surface area contributed by atoms with Gasteiger partial charge in [-0.1, -0.05) is 32.4 Å². The molecule has 0 aliphatic heterocycles. The highest BCUT2D eigenvalue weighted by atomic mass is 15.1. The zero-order chi connectivity index (χ0) is 12.8. The van der Waals surface area contributed by atoms with Crippen molar-refractivity contribution in [2.24, 2.45) is 5.92 Å². The van der Waals surface area contributed by atoms with E-state index in [0.717, 1.165) is 18.2 Å². The Morgan fingerprint density at radius 1 is 1.12 bits per heavy atom. The van der Waals surface area contributed by atoms with Gasteiger partial charge in [-0.25, -0.2) is 0 Å². The Labute approximate surface area is 106 Å². The van der Waals surface area contributed by atoms with Crippen LogP contribution in [0.4, 0.5) is 5.69 Å². The zero-order valence-corrected chi connectivity index (χ0v) is 11.6. The van der Waals surface area contributed by atoms with Crippen molar-refractivity contribution >= 4 is 5.69 Å². The molecule has 2 heteroatoms. The van der Waals surface area contributed by atoms with Gasteiger partial charge in [-0.3, -0.25) is 4.90 Å². The predicted octanol–water partition coefficient (Wildman–Crippen LogP) is 3.53. The molecule has 0 heterocycles. The summed E-state index contributed by atoms with van der Waals surface area (Å²) in [6, 6.07) is 8.80. The van der Waals surface area contributed by atoms with Crippen molar-refractivity contribution in [3.8, 4) is 0 Å². The third-order valence-electron chi connectivity index (χ3n) is 3.34. The van der Waals surface area contributed by atoms with E-state index in [1.807, 2.05) is 12.1 Å². The molecule has 0 aliphatic carbocycles. The molecule has 1 unspecified atom stereocenters. The van der Waals surface area contributed by atoms with Gasteiger partial charge in [-0.2, -0.15) is 0 Å². The van der Waals surface area contributed by atoms with Crippen LogP contribution in [0.5, 0.6) is 0 Å². The first-order valence-electron chi connectivity index (χ1n) is 6.61. The highest BCUT2D eigenvalue weighted by Gasteiger charge is 2.12. The first-order chi connectivity index (χ1) is 8.02. The van der Waals surface area contributed by atoms with Gasteiger partial charge in [-0.05, 0) is 37.5 Å².